The largest absolute Gasteiger partial charge is 0.481 e. The molecule has 0 radical (unpaired) electrons. The zero-order chi connectivity index (χ0) is 25.5. The number of fused-ring (bicyclic) bond motifs is 1. The Morgan fingerprint density at radius 2 is 1.89 bits per heavy atom. The molecule has 1 aromatic heterocycles. The number of aryl methyl sites for hydroxylation is 1. The molecule has 0 saturated heterocycles. The summed E-state index contributed by atoms with van der Waals surface area (Å²) in [6.45, 7) is 2.21. The number of nitrogens with zero attached hydrogens (tertiary/aromatic N) is 1. The average Bonchev–Trinajstić information content (AvgIpc) is 3.14. The first-order valence-electron chi connectivity index (χ1n) is 11.8. The van der Waals surface area contributed by atoms with Gasteiger partial charge in [-0.1, -0.05) is 59.8 Å². The summed E-state index contributed by atoms with van der Waals surface area (Å²) in [5.41, 5.74) is 3.01. The van der Waals surface area contributed by atoms with Gasteiger partial charge < -0.3 is 15.0 Å². The second kappa shape index (κ2) is 12.4. The molecule has 0 spiro atoms. The van der Waals surface area contributed by atoms with Crippen molar-refractivity contribution in [1.82, 2.24) is 9.88 Å². The molecule has 0 fully saturated rings. The first-order valence-corrected chi connectivity index (χ1v) is 13.0. The van der Waals surface area contributed by atoms with Crippen LogP contribution in [0.15, 0.2) is 46.9 Å². The van der Waals surface area contributed by atoms with Crippen molar-refractivity contribution in [2.45, 2.75) is 45.4 Å². The lowest BCUT2D eigenvalue weighted by Gasteiger charge is -2.18. The molecule has 35 heavy (non-hydrogen) atoms. The molecule has 3 aromatic rings. The van der Waals surface area contributed by atoms with Crippen LogP contribution in [-0.4, -0.2) is 33.9 Å². The molecule has 0 bridgehead atoms. The van der Waals surface area contributed by atoms with Crippen molar-refractivity contribution in [2.75, 3.05) is 6.54 Å². The van der Waals surface area contributed by atoms with Crippen LogP contribution in [0.1, 0.15) is 65.4 Å². The number of carboxylic acids is 1. The van der Waals surface area contributed by atoms with Crippen LogP contribution in [0.4, 0.5) is 0 Å². The molecule has 0 aliphatic rings. The highest BCUT2D eigenvalue weighted by molar-refractivity contribution is 9.10. The predicted octanol–water partition coefficient (Wildman–Crippen LogP) is 6.42. The number of hydrogen-bond donors (Lipinski definition) is 2. The monoisotopic (exact) mass is 560 g/mol. The predicted molar refractivity (Wildman–Crippen MR) is 142 cm³/mol. The summed E-state index contributed by atoms with van der Waals surface area (Å²) >= 11 is 9.72. The lowest BCUT2D eigenvalue weighted by molar-refractivity contribution is -0.136. The van der Waals surface area contributed by atoms with Crippen LogP contribution in [0.25, 0.3) is 10.9 Å². The van der Waals surface area contributed by atoms with Gasteiger partial charge in [0.25, 0.3) is 5.91 Å². The second-order valence-electron chi connectivity index (χ2n) is 8.76. The molecule has 6 nitrogen and oxygen atoms in total. The highest BCUT2D eigenvalue weighted by atomic mass is 79.9. The highest BCUT2D eigenvalue weighted by Gasteiger charge is 2.24. The third-order valence-corrected chi connectivity index (χ3v) is 7.16. The smallest absolute Gasteiger partial charge is 0.305 e. The maximum Gasteiger partial charge on any atom is 0.305 e. The number of nitrogens with one attached hydrogen (secondary N) is 1. The highest BCUT2D eigenvalue weighted by Crippen LogP contribution is 2.29. The fourth-order valence-electron chi connectivity index (χ4n) is 4.24. The van der Waals surface area contributed by atoms with E-state index >= 15 is 0 Å². The summed E-state index contributed by atoms with van der Waals surface area (Å²) in [7, 11) is 1.90. The van der Waals surface area contributed by atoms with Gasteiger partial charge in [-0.3, -0.25) is 14.4 Å². The number of halogens is 2. The molecular weight excluding hydrogens is 532 g/mol. The quantitative estimate of drug-likeness (QED) is 0.197. The number of carbonyl (C=O) groups is 3. The van der Waals surface area contributed by atoms with Crippen LogP contribution < -0.4 is 5.32 Å². The van der Waals surface area contributed by atoms with E-state index in [1.807, 2.05) is 41.9 Å². The van der Waals surface area contributed by atoms with Crippen molar-refractivity contribution in [3.63, 3.8) is 0 Å². The van der Waals surface area contributed by atoms with Crippen molar-refractivity contribution in [3.8, 4) is 0 Å². The topological polar surface area (TPSA) is 88.4 Å². The molecule has 186 valence electrons. The number of ketones is 1. The minimum Gasteiger partial charge on any atom is -0.481 e. The average molecular weight is 562 g/mol. The van der Waals surface area contributed by atoms with Crippen LogP contribution >= 0.6 is 27.5 Å². The number of hydrogen-bond acceptors (Lipinski definition) is 3. The number of Topliss-reactive ketones (excluding diaryl/α,β-unsaturated/α-hetero) is 1. The molecule has 2 aromatic carbocycles. The SMILES string of the molecule is CCCCCC(Cc1ccc(C(=O)NCCC(=O)O)cc1Br)C(=O)c1cc2cc(Cl)ccc2n1C. The molecule has 8 heteroatoms. The Bertz CT molecular complexity index is 1240. The Morgan fingerprint density at radius 3 is 2.57 bits per heavy atom. The van der Waals surface area contributed by atoms with Gasteiger partial charge in [0.05, 0.1) is 12.1 Å². The van der Waals surface area contributed by atoms with Gasteiger partial charge in [-0.15, -0.1) is 0 Å². The number of aromatic nitrogens is 1. The van der Waals surface area contributed by atoms with Crippen molar-refractivity contribution >= 4 is 56.1 Å². The summed E-state index contributed by atoms with van der Waals surface area (Å²) in [4.78, 5) is 36.7. The van der Waals surface area contributed by atoms with Gasteiger partial charge in [-0.2, -0.15) is 0 Å². The van der Waals surface area contributed by atoms with Gasteiger partial charge in [0.15, 0.2) is 5.78 Å². The maximum absolute atomic E-state index is 13.7. The van der Waals surface area contributed by atoms with E-state index in [0.717, 1.165) is 46.6 Å². The Hall–Kier alpha value is -2.64. The summed E-state index contributed by atoms with van der Waals surface area (Å²) < 4.78 is 2.68. The van der Waals surface area contributed by atoms with Gasteiger partial charge in [-0.25, -0.2) is 0 Å². The van der Waals surface area contributed by atoms with Crippen LogP contribution in [0.5, 0.6) is 0 Å². The third kappa shape index (κ3) is 6.95. The van der Waals surface area contributed by atoms with Crippen molar-refractivity contribution in [3.05, 3.63) is 68.8 Å². The minimum atomic E-state index is -0.963. The van der Waals surface area contributed by atoms with Crippen molar-refractivity contribution in [2.24, 2.45) is 13.0 Å². The molecule has 1 atom stereocenters. The standard InChI is InChI=1S/C27H30BrClN2O4/c1-3-4-5-6-18(26(34)24-16-20-14-21(29)9-10-23(20)31(24)2)13-17-7-8-19(15-22(17)28)27(35)30-12-11-25(32)33/h7-10,14-16,18H,3-6,11-13H2,1-2H3,(H,30,35)(H,32,33). The van der Waals surface area contributed by atoms with E-state index in [-0.39, 0.29) is 30.6 Å². The zero-order valence-electron chi connectivity index (χ0n) is 19.9. The first-order chi connectivity index (χ1) is 16.7. The van der Waals surface area contributed by atoms with E-state index in [4.69, 9.17) is 16.7 Å². The molecule has 3 rings (SSSR count). The number of unbranched alkanes of at least 4 members (excludes halogenated alkanes) is 2. The summed E-state index contributed by atoms with van der Waals surface area (Å²) in [6.07, 6.45) is 4.29. The van der Waals surface area contributed by atoms with Crippen LogP contribution in [0.3, 0.4) is 0 Å². The molecular formula is C27H30BrClN2O4. The molecule has 1 amide bonds. The minimum absolute atomic E-state index is 0.0672. The Labute approximate surface area is 218 Å². The van der Waals surface area contributed by atoms with Crippen molar-refractivity contribution < 1.29 is 19.5 Å². The van der Waals surface area contributed by atoms with Crippen molar-refractivity contribution in [1.29, 1.82) is 0 Å². The summed E-state index contributed by atoms with van der Waals surface area (Å²) in [6, 6.07) is 12.8. The fourth-order valence-corrected chi connectivity index (χ4v) is 4.96. The van der Waals surface area contributed by atoms with E-state index < -0.39 is 5.97 Å². The number of carbonyl (C=O) groups excluding carboxylic acids is 2. The molecule has 0 aliphatic heterocycles. The number of benzene rings is 2. The fraction of sp³-hybridized carbons (Fsp3) is 0.370. The first kappa shape index (κ1) is 27.0. The van der Waals surface area contributed by atoms with Gasteiger partial charge in [0, 0.05) is 45.5 Å². The van der Waals surface area contributed by atoms with Gasteiger partial charge in [-0.05, 0) is 54.8 Å². The number of rotatable bonds is 12. The van der Waals surface area contributed by atoms with Gasteiger partial charge in [0.2, 0.25) is 0 Å². The molecule has 0 aliphatic carbocycles. The van der Waals surface area contributed by atoms with E-state index in [1.54, 1.807) is 12.1 Å². The molecule has 0 saturated carbocycles. The molecule has 1 unspecified atom stereocenters. The Kier molecular flexibility index (Phi) is 9.52. The summed E-state index contributed by atoms with van der Waals surface area (Å²) in [5, 5.41) is 12.9. The number of carboxylic acid groups (broad SMARTS) is 1. The van der Waals surface area contributed by atoms with Crippen LogP contribution in [-0.2, 0) is 18.3 Å². The Morgan fingerprint density at radius 1 is 1.11 bits per heavy atom. The number of amides is 1. The van der Waals surface area contributed by atoms with E-state index in [1.165, 1.54) is 0 Å². The third-order valence-electron chi connectivity index (χ3n) is 6.19. The maximum atomic E-state index is 13.7. The van der Waals surface area contributed by atoms with E-state index in [2.05, 4.69) is 28.2 Å². The Balaban J connectivity index is 1.81. The lowest BCUT2D eigenvalue weighted by atomic mass is 9.88. The summed E-state index contributed by atoms with van der Waals surface area (Å²) in [5.74, 6) is -1.40. The molecule has 2 N–H and O–H groups in total. The van der Waals surface area contributed by atoms with E-state index in [9.17, 15) is 14.4 Å². The van der Waals surface area contributed by atoms with Gasteiger partial charge >= 0.3 is 5.97 Å². The zero-order valence-corrected chi connectivity index (χ0v) is 22.3. The lowest BCUT2D eigenvalue weighted by Crippen LogP contribution is -2.26. The van der Waals surface area contributed by atoms with Crippen LogP contribution in [0.2, 0.25) is 5.02 Å². The molecule has 1 heterocycles. The van der Waals surface area contributed by atoms with Gasteiger partial charge in [0.1, 0.15) is 0 Å². The van der Waals surface area contributed by atoms with Crippen LogP contribution in [0, 0.1) is 5.92 Å². The normalized spacial score (nSPS) is 12.0. The number of aliphatic carboxylic acids is 1. The van der Waals surface area contributed by atoms with E-state index in [0.29, 0.717) is 22.7 Å². The second-order valence-corrected chi connectivity index (χ2v) is 10.0.